The van der Waals surface area contributed by atoms with Crippen LogP contribution in [0.3, 0.4) is 0 Å². The molecule has 1 saturated heterocycles. The highest BCUT2D eigenvalue weighted by Crippen LogP contribution is 2.31. The van der Waals surface area contributed by atoms with Crippen molar-refractivity contribution >= 4 is 23.0 Å². The minimum Gasteiger partial charge on any atom is -0.493 e. The van der Waals surface area contributed by atoms with Crippen LogP contribution in [-0.4, -0.2) is 53.9 Å². The van der Waals surface area contributed by atoms with Gasteiger partial charge in [0.1, 0.15) is 5.82 Å². The smallest absolute Gasteiger partial charge is 0.263 e. The highest BCUT2D eigenvalue weighted by Gasteiger charge is 2.30. The van der Waals surface area contributed by atoms with Crippen LogP contribution in [0.5, 0.6) is 11.5 Å². The lowest BCUT2D eigenvalue weighted by molar-refractivity contribution is 0.0641. The largest absolute Gasteiger partial charge is 0.493 e. The maximum atomic E-state index is 13.1. The lowest BCUT2D eigenvalue weighted by Crippen LogP contribution is -2.42. The van der Waals surface area contributed by atoms with E-state index in [9.17, 15) is 9.59 Å². The molecular weight excluding hydrogens is 402 g/mol. The van der Waals surface area contributed by atoms with Crippen LogP contribution in [0.2, 0.25) is 0 Å². The van der Waals surface area contributed by atoms with Crippen LogP contribution in [0.15, 0.2) is 42.7 Å². The van der Waals surface area contributed by atoms with E-state index in [0.29, 0.717) is 35.0 Å². The molecule has 0 unspecified atom stereocenters. The summed E-state index contributed by atoms with van der Waals surface area (Å²) in [6.07, 6.45) is 5.00. The van der Waals surface area contributed by atoms with Gasteiger partial charge in [-0.05, 0) is 43.2 Å². The first-order chi connectivity index (χ1) is 14.6. The van der Waals surface area contributed by atoms with Gasteiger partial charge in [0, 0.05) is 37.0 Å². The van der Waals surface area contributed by atoms with Gasteiger partial charge in [0.05, 0.1) is 24.0 Å². The molecule has 30 heavy (non-hydrogen) atoms. The van der Waals surface area contributed by atoms with Crippen LogP contribution in [0.1, 0.15) is 32.9 Å². The molecule has 1 aliphatic heterocycles. The number of benzene rings is 1. The van der Waals surface area contributed by atoms with Gasteiger partial charge in [0.2, 0.25) is 0 Å². The van der Waals surface area contributed by atoms with Crippen LogP contribution in [-0.2, 0) is 0 Å². The Morgan fingerprint density at radius 1 is 1.17 bits per heavy atom. The summed E-state index contributed by atoms with van der Waals surface area (Å²) in [5.74, 6) is 1.61. The Balaban J connectivity index is 1.48. The van der Waals surface area contributed by atoms with Crippen molar-refractivity contribution in [3.8, 4) is 22.2 Å². The molecule has 1 atom stereocenters. The highest BCUT2D eigenvalue weighted by atomic mass is 32.1. The summed E-state index contributed by atoms with van der Waals surface area (Å²) < 4.78 is 10.6. The van der Waals surface area contributed by atoms with Crippen molar-refractivity contribution in [1.82, 2.24) is 14.9 Å². The number of nitrogens with one attached hydrogen (secondary N) is 1. The monoisotopic (exact) mass is 425 g/mol. The van der Waals surface area contributed by atoms with Gasteiger partial charge in [-0.3, -0.25) is 9.59 Å². The lowest BCUT2D eigenvalue weighted by atomic mass is 9.89. The summed E-state index contributed by atoms with van der Waals surface area (Å²) in [5, 5.41) is 0. The van der Waals surface area contributed by atoms with E-state index in [4.69, 9.17) is 9.47 Å². The summed E-state index contributed by atoms with van der Waals surface area (Å²) in [6, 6.07) is 8.91. The third kappa shape index (κ3) is 3.95. The number of aromatic amines is 1. The lowest BCUT2D eigenvalue weighted by Gasteiger charge is -2.31. The molecule has 8 heteroatoms. The number of ketones is 1. The molecule has 3 heterocycles. The number of piperidine rings is 1. The van der Waals surface area contributed by atoms with E-state index in [1.165, 1.54) is 11.3 Å². The van der Waals surface area contributed by atoms with Crippen molar-refractivity contribution in [2.24, 2.45) is 5.92 Å². The number of rotatable bonds is 6. The zero-order chi connectivity index (χ0) is 21.1. The molecule has 156 valence electrons. The second-order valence-electron chi connectivity index (χ2n) is 7.13. The van der Waals surface area contributed by atoms with Crippen molar-refractivity contribution in [2.45, 2.75) is 12.8 Å². The summed E-state index contributed by atoms with van der Waals surface area (Å²) in [6.45, 7) is 1.07. The molecule has 0 bridgehead atoms. The number of H-pyrrole nitrogens is 1. The minimum atomic E-state index is -0.231. The Bertz CT molecular complexity index is 1040. The zero-order valence-corrected chi connectivity index (χ0v) is 17.7. The molecule has 4 rings (SSSR count). The number of likely N-dealkylation sites (tertiary alicyclic amines) is 1. The average molecular weight is 426 g/mol. The van der Waals surface area contributed by atoms with Crippen LogP contribution in [0.4, 0.5) is 0 Å². The first-order valence-electron chi connectivity index (χ1n) is 9.76. The van der Waals surface area contributed by atoms with Crippen LogP contribution >= 0.6 is 11.3 Å². The van der Waals surface area contributed by atoms with Gasteiger partial charge in [-0.25, -0.2) is 4.98 Å². The maximum absolute atomic E-state index is 13.1. The van der Waals surface area contributed by atoms with Crippen molar-refractivity contribution < 1.29 is 19.1 Å². The Hall–Kier alpha value is -3.13. The van der Waals surface area contributed by atoms with Gasteiger partial charge in [-0.1, -0.05) is 0 Å². The van der Waals surface area contributed by atoms with Crippen molar-refractivity contribution in [2.75, 3.05) is 27.3 Å². The SMILES string of the molecule is COc1ccc(C(=O)[C@@H]2CCCN(C(=O)c3ccc(-c4ncc[nH]4)s3)C2)cc1OC. The second kappa shape index (κ2) is 8.71. The molecule has 0 spiro atoms. The fourth-order valence-corrected chi connectivity index (χ4v) is 4.67. The number of hydrogen-bond donors (Lipinski definition) is 1. The Labute approximate surface area is 178 Å². The number of imidazole rings is 1. The van der Waals surface area contributed by atoms with E-state index in [1.807, 2.05) is 12.1 Å². The molecule has 1 aromatic carbocycles. The number of Topliss-reactive ketones (excluding diaryl/α,β-unsaturated/α-hetero) is 1. The van der Waals surface area contributed by atoms with Gasteiger partial charge in [0.25, 0.3) is 5.91 Å². The van der Waals surface area contributed by atoms with Gasteiger partial charge in [-0.2, -0.15) is 0 Å². The quantitative estimate of drug-likeness (QED) is 0.606. The summed E-state index contributed by atoms with van der Waals surface area (Å²) >= 11 is 1.41. The zero-order valence-electron chi connectivity index (χ0n) is 16.9. The Morgan fingerprint density at radius 3 is 2.73 bits per heavy atom. The van der Waals surface area contributed by atoms with E-state index >= 15 is 0 Å². The highest BCUT2D eigenvalue weighted by molar-refractivity contribution is 7.17. The molecule has 3 aromatic rings. The van der Waals surface area contributed by atoms with Crippen LogP contribution in [0.25, 0.3) is 10.7 Å². The van der Waals surface area contributed by atoms with E-state index in [-0.39, 0.29) is 17.6 Å². The van der Waals surface area contributed by atoms with Crippen LogP contribution < -0.4 is 9.47 Å². The molecule has 1 amide bonds. The topological polar surface area (TPSA) is 84.5 Å². The summed E-state index contributed by atoms with van der Waals surface area (Å²) in [7, 11) is 3.11. The number of thiophene rings is 1. The molecule has 0 aliphatic carbocycles. The predicted molar refractivity (Wildman–Crippen MR) is 114 cm³/mol. The van der Waals surface area contributed by atoms with Crippen molar-refractivity contribution in [1.29, 1.82) is 0 Å². The molecule has 1 N–H and O–H groups in total. The van der Waals surface area contributed by atoms with E-state index in [0.717, 1.165) is 23.5 Å². The summed E-state index contributed by atoms with van der Waals surface area (Å²) in [5.41, 5.74) is 0.572. The van der Waals surface area contributed by atoms with Gasteiger partial charge < -0.3 is 19.4 Å². The van der Waals surface area contributed by atoms with E-state index in [2.05, 4.69) is 9.97 Å². The van der Waals surface area contributed by atoms with Gasteiger partial charge in [-0.15, -0.1) is 11.3 Å². The number of carbonyl (C=O) groups is 2. The average Bonchev–Trinajstić information content (AvgIpc) is 3.49. The number of ether oxygens (including phenoxy) is 2. The normalized spacial score (nSPS) is 16.3. The number of carbonyl (C=O) groups excluding carboxylic acids is 2. The maximum Gasteiger partial charge on any atom is 0.263 e. The minimum absolute atomic E-state index is 0.0240. The van der Waals surface area contributed by atoms with Gasteiger partial charge >= 0.3 is 0 Å². The van der Waals surface area contributed by atoms with Crippen LogP contribution in [0, 0.1) is 5.92 Å². The molecule has 1 aliphatic rings. The summed E-state index contributed by atoms with van der Waals surface area (Å²) in [4.78, 5) is 36.8. The first-order valence-corrected chi connectivity index (χ1v) is 10.6. The molecule has 7 nitrogen and oxygen atoms in total. The molecule has 2 aromatic heterocycles. The first kappa shape index (κ1) is 20.2. The van der Waals surface area contributed by atoms with E-state index < -0.39 is 0 Å². The van der Waals surface area contributed by atoms with E-state index in [1.54, 1.807) is 49.7 Å². The Kier molecular flexibility index (Phi) is 5.85. The Morgan fingerprint density at radius 2 is 2.00 bits per heavy atom. The number of aromatic nitrogens is 2. The third-order valence-electron chi connectivity index (χ3n) is 5.30. The fourth-order valence-electron chi connectivity index (χ4n) is 3.74. The number of nitrogens with zero attached hydrogens (tertiary/aromatic N) is 2. The number of hydrogen-bond acceptors (Lipinski definition) is 6. The standard InChI is InChI=1S/C22H23N3O4S/c1-28-16-6-5-14(12-17(16)29-2)20(26)15-4-3-11-25(13-15)22(27)19-8-7-18(30-19)21-23-9-10-24-21/h5-10,12,15H,3-4,11,13H2,1-2H3,(H,23,24)/t15-/m1/s1. The predicted octanol–water partition coefficient (Wildman–Crippen LogP) is 3.89. The van der Waals surface area contributed by atoms with Crippen molar-refractivity contribution in [3.05, 3.63) is 53.2 Å². The third-order valence-corrected chi connectivity index (χ3v) is 6.38. The molecule has 0 radical (unpaired) electrons. The second-order valence-corrected chi connectivity index (χ2v) is 8.21. The number of methoxy groups -OCH3 is 2. The molecule has 1 fully saturated rings. The van der Waals surface area contributed by atoms with Crippen molar-refractivity contribution in [3.63, 3.8) is 0 Å². The molecule has 0 saturated carbocycles. The molecular formula is C22H23N3O4S. The van der Waals surface area contributed by atoms with Gasteiger partial charge in [0.15, 0.2) is 17.3 Å². The fraction of sp³-hybridized carbons (Fsp3) is 0.318. The number of amides is 1.